The molecule has 0 radical (unpaired) electrons. The van der Waals surface area contributed by atoms with Gasteiger partial charge in [-0.25, -0.2) is 9.59 Å². The van der Waals surface area contributed by atoms with Crippen LogP contribution < -0.4 is 9.47 Å². The van der Waals surface area contributed by atoms with Gasteiger partial charge < -0.3 is 18.9 Å². The number of benzene rings is 1. The van der Waals surface area contributed by atoms with Crippen molar-refractivity contribution in [2.24, 2.45) is 23.2 Å². The Morgan fingerprint density at radius 1 is 0.946 bits per heavy atom. The van der Waals surface area contributed by atoms with E-state index in [9.17, 15) is 9.59 Å². The van der Waals surface area contributed by atoms with Gasteiger partial charge in [-0.3, -0.25) is 0 Å². The fourth-order valence-electron chi connectivity index (χ4n) is 6.84. The number of hydrogen-bond donors (Lipinski definition) is 0. The van der Waals surface area contributed by atoms with Gasteiger partial charge in [0.05, 0.1) is 26.9 Å². The molecule has 1 aromatic carbocycles. The quantitative estimate of drug-likeness (QED) is 0.161. The highest BCUT2D eigenvalue weighted by molar-refractivity contribution is 5.87. The molecule has 202 valence electrons. The normalized spacial score (nSPS) is 25.7. The van der Waals surface area contributed by atoms with Crippen molar-refractivity contribution in [1.82, 2.24) is 0 Å². The van der Waals surface area contributed by atoms with Gasteiger partial charge in [0.25, 0.3) is 0 Å². The predicted octanol–water partition coefficient (Wildman–Crippen LogP) is 6.53. The van der Waals surface area contributed by atoms with Gasteiger partial charge in [-0.15, -0.1) is 0 Å². The number of methoxy groups -OCH3 is 1. The molecule has 6 heteroatoms. The third-order valence-electron chi connectivity index (χ3n) is 8.16. The average molecular weight is 511 g/mol. The fraction of sp³-hybridized carbons (Fsp3) is 0.613. The SMILES string of the molecule is C=C(C)C(=O)OCCCCCCOc1ccc(C=CC(=O)OCC23CC4CC(CC(C4)C2)C3)cc1OC. The number of carbonyl (C=O) groups is 2. The lowest BCUT2D eigenvalue weighted by Crippen LogP contribution is -2.48. The molecule has 4 fully saturated rings. The Labute approximate surface area is 221 Å². The first-order chi connectivity index (χ1) is 17.9. The smallest absolute Gasteiger partial charge is 0.333 e. The highest BCUT2D eigenvalue weighted by atomic mass is 16.5. The van der Waals surface area contributed by atoms with Crippen LogP contribution in [0.2, 0.25) is 0 Å². The van der Waals surface area contributed by atoms with Crippen molar-refractivity contribution < 1.29 is 28.5 Å². The molecule has 0 spiro atoms. The van der Waals surface area contributed by atoms with Crippen LogP contribution in [0.15, 0.2) is 36.4 Å². The van der Waals surface area contributed by atoms with Crippen molar-refractivity contribution in [2.45, 2.75) is 71.1 Å². The predicted molar refractivity (Wildman–Crippen MR) is 143 cm³/mol. The monoisotopic (exact) mass is 510 g/mol. The number of ether oxygens (including phenoxy) is 4. The minimum absolute atomic E-state index is 0.234. The molecule has 0 saturated heterocycles. The lowest BCUT2D eigenvalue weighted by molar-refractivity contribution is -0.149. The first-order valence-corrected chi connectivity index (χ1v) is 13.8. The van der Waals surface area contributed by atoms with Crippen molar-refractivity contribution in [3.8, 4) is 11.5 Å². The van der Waals surface area contributed by atoms with Gasteiger partial charge in [-0.05, 0) is 113 Å². The zero-order valence-electron chi connectivity index (χ0n) is 22.5. The minimum Gasteiger partial charge on any atom is -0.493 e. The summed E-state index contributed by atoms with van der Waals surface area (Å²) in [5.74, 6) is 3.27. The summed E-state index contributed by atoms with van der Waals surface area (Å²) in [7, 11) is 1.61. The van der Waals surface area contributed by atoms with E-state index in [0.29, 0.717) is 36.9 Å². The van der Waals surface area contributed by atoms with Gasteiger partial charge in [-0.2, -0.15) is 0 Å². The summed E-state index contributed by atoms with van der Waals surface area (Å²) < 4.78 is 22.2. The maximum absolute atomic E-state index is 12.5. The van der Waals surface area contributed by atoms with Crippen molar-refractivity contribution in [1.29, 1.82) is 0 Å². The Balaban J connectivity index is 1.16. The van der Waals surface area contributed by atoms with Crippen LogP contribution in [0.25, 0.3) is 6.08 Å². The Bertz CT molecular complexity index is 958. The van der Waals surface area contributed by atoms with Crippen LogP contribution in [0.4, 0.5) is 0 Å². The maximum atomic E-state index is 12.5. The van der Waals surface area contributed by atoms with Crippen molar-refractivity contribution >= 4 is 18.0 Å². The van der Waals surface area contributed by atoms with Gasteiger partial charge in [0, 0.05) is 17.1 Å². The van der Waals surface area contributed by atoms with E-state index in [-0.39, 0.29) is 17.4 Å². The van der Waals surface area contributed by atoms with E-state index in [1.165, 1.54) is 44.6 Å². The van der Waals surface area contributed by atoms with Crippen molar-refractivity contribution in [2.75, 3.05) is 26.9 Å². The van der Waals surface area contributed by atoms with Crippen molar-refractivity contribution in [3.63, 3.8) is 0 Å². The molecule has 4 aliphatic carbocycles. The second-order valence-corrected chi connectivity index (χ2v) is 11.4. The molecule has 5 rings (SSSR count). The van der Waals surface area contributed by atoms with E-state index in [0.717, 1.165) is 49.0 Å². The first kappa shape index (κ1) is 27.3. The number of hydrogen-bond acceptors (Lipinski definition) is 6. The number of esters is 2. The molecule has 0 aliphatic heterocycles. The topological polar surface area (TPSA) is 71.1 Å². The van der Waals surface area contributed by atoms with Crippen molar-refractivity contribution in [3.05, 3.63) is 42.0 Å². The molecule has 6 nitrogen and oxygen atoms in total. The Morgan fingerprint density at radius 3 is 2.22 bits per heavy atom. The molecule has 0 unspecified atom stereocenters. The summed E-state index contributed by atoms with van der Waals surface area (Å²) in [4.78, 5) is 23.8. The second kappa shape index (κ2) is 12.7. The Morgan fingerprint density at radius 2 is 1.59 bits per heavy atom. The average Bonchev–Trinajstić information content (AvgIpc) is 2.87. The van der Waals surface area contributed by atoms with Crippen LogP contribution in [0, 0.1) is 23.2 Å². The number of carbonyl (C=O) groups excluding carboxylic acids is 2. The second-order valence-electron chi connectivity index (χ2n) is 11.4. The summed E-state index contributed by atoms with van der Waals surface area (Å²) in [5, 5.41) is 0. The third kappa shape index (κ3) is 7.62. The highest BCUT2D eigenvalue weighted by Crippen LogP contribution is 2.60. The zero-order valence-corrected chi connectivity index (χ0v) is 22.5. The fourth-order valence-corrected chi connectivity index (χ4v) is 6.84. The van der Waals surface area contributed by atoms with E-state index in [1.807, 2.05) is 18.2 Å². The molecule has 4 saturated carbocycles. The Kier molecular flexibility index (Phi) is 9.33. The summed E-state index contributed by atoms with van der Waals surface area (Å²) >= 11 is 0. The summed E-state index contributed by atoms with van der Waals surface area (Å²) in [5.41, 5.74) is 1.52. The maximum Gasteiger partial charge on any atom is 0.333 e. The van der Waals surface area contributed by atoms with Gasteiger partial charge in [-0.1, -0.05) is 12.6 Å². The van der Waals surface area contributed by atoms with E-state index in [1.54, 1.807) is 20.1 Å². The van der Waals surface area contributed by atoms with Gasteiger partial charge in [0.2, 0.25) is 0 Å². The Hall–Kier alpha value is -2.76. The first-order valence-electron chi connectivity index (χ1n) is 13.8. The summed E-state index contributed by atoms with van der Waals surface area (Å²) in [6.45, 7) is 6.78. The summed E-state index contributed by atoms with van der Waals surface area (Å²) in [6.07, 6.45) is 14.8. The lowest BCUT2D eigenvalue weighted by atomic mass is 9.50. The molecule has 0 amide bonds. The van der Waals surface area contributed by atoms with E-state index in [2.05, 4.69) is 6.58 Å². The molecule has 4 bridgehead atoms. The van der Waals surface area contributed by atoms with E-state index >= 15 is 0 Å². The zero-order chi connectivity index (χ0) is 26.3. The highest BCUT2D eigenvalue weighted by Gasteiger charge is 2.51. The molecular weight excluding hydrogens is 468 g/mol. The largest absolute Gasteiger partial charge is 0.493 e. The van der Waals surface area contributed by atoms with Crippen LogP contribution >= 0.6 is 0 Å². The van der Waals surface area contributed by atoms with Crippen LogP contribution in [0.5, 0.6) is 11.5 Å². The molecule has 37 heavy (non-hydrogen) atoms. The van der Waals surface area contributed by atoms with Crippen LogP contribution in [0.1, 0.15) is 76.7 Å². The number of rotatable bonds is 14. The third-order valence-corrected chi connectivity index (χ3v) is 8.16. The standard InChI is InChI=1S/C31H42O6/c1-22(2)30(33)36-13-7-5-4-6-12-35-27-10-8-23(17-28(27)34-3)9-11-29(32)37-21-31-18-24-14-25(19-31)16-26(15-24)20-31/h8-11,17,24-26H,1,4-7,12-16,18-21H2,2-3H3. The molecule has 0 N–H and O–H groups in total. The van der Waals surface area contributed by atoms with Crippen LogP contribution in [0.3, 0.4) is 0 Å². The molecule has 0 aromatic heterocycles. The van der Waals surface area contributed by atoms with E-state index < -0.39 is 0 Å². The van der Waals surface area contributed by atoms with Crippen LogP contribution in [-0.4, -0.2) is 38.9 Å². The van der Waals surface area contributed by atoms with Gasteiger partial charge >= 0.3 is 11.9 Å². The number of unbranched alkanes of at least 4 members (excludes halogenated alkanes) is 3. The summed E-state index contributed by atoms with van der Waals surface area (Å²) in [6, 6.07) is 5.65. The lowest BCUT2D eigenvalue weighted by Gasteiger charge is -2.56. The van der Waals surface area contributed by atoms with Crippen LogP contribution in [-0.2, 0) is 19.1 Å². The molecular formula is C31H42O6. The molecule has 4 aliphatic rings. The van der Waals surface area contributed by atoms with Gasteiger partial charge in [0.1, 0.15) is 0 Å². The molecule has 0 heterocycles. The van der Waals surface area contributed by atoms with Gasteiger partial charge in [0.15, 0.2) is 11.5 Å². The minimum atomic E-state index is -0.330. The van der Waals surface area contributed by atoms with E-state index in [4.69, 9.17) is 18.9 Å². The molecule has 1 aromatic rings. The molecule has 0 atom stereocenters.